The molecule has 0 fully saturated rings. The molecule has 0 aliphatic heterocycles. The molecule has 0 saturated heterocycles. The first-order valence-corrected chi connectivity index (χ1v) is 3.51. The molecule has 2 rings (SSSR count). The van der Waals surface area contributed by atoms with Crippen molar-refractivity contribution >= 4 is 11.0 Å². The molecule has 0 aliphatic rings. The third kappa shape index (κ3) is 0.839. The molecule has 2 aromatic heterocycles. The van der Waals surface area contributed by atoms with Crippen LogP contribution >= 0.6 is 0 Å². The van der Waals surface area contributed by atoms with Gasteiger partial charge in [0, 0.05) is 6.20 Å². The van der Waals surface area contributed by atoms with Crippen molar-refractivity contribution in [2.75, 3.05) is 0 Å². The Morgan fingerprint density at radius 2 is 2.33 bits per heavy atom. The van der Waals surface area contributed by atoms with Crippen LogP contribution in [0, 0.1) is 18.3 Å². The van der Waals surface area contributed by atoms with Crippen molar-refractivity contribution in [2.24, 2.45) is 0 Å². The van der Waals surface area contributed by atoms with Crippen LogP contribution in [0.2, 0.25) is 0 Å². The summed E-state index contributed by atoms with van der Waals surface area (Å²) in [6.07, 6.45) is 3.17. The molecular formula is C8H6N4. The molecule has 0 saturated carbocycles. The molecule has 0 atom stereocenters. The highest BCUT2D eigenvalue weighted by atomic mass is 14.9. The summed E-state index contributed by atoms with van der Waals surface area (Å²) < 4.78 is 0. The van der Waals surface area contributed by atoms with Crippen LogP contribution in [-0.2, 0) is 0 Å². The van der Waals surface area contributed by atoms with Gasteiger partial charge in [-0.05, 0) is 6.92 Å². The van der Waals surface area contributed by atoms with Crippen molar-refractivity contribution in [1.29, 1.82) is 5.26 Å². The van der Waals surface area contributed by atoms with Crippen molar-refractivity contribution in [3.8, 4) is 6.07 Å². The average Bonchev–Trinajstić information content (AvgIpc) is 2.44. The van der Waals surface area contributed by atoms with Crippen molar-refractivity contribution in [1.82, 2.24) is 15.0 Å². The monoisotopic (exact) mass is 158 g/mol. The van der Waals surface area contributed by atoms with E-state index in [-0.39, 0.29) is 0 Å². The molecule has 4 heteroatoms. The first kappa shape index (κ1) is 6.80. The van der Waals surface area contributed by atoms with E-state index in [4.69, 9.17) is 5.26 Å². The standard InChI is InChI=1S/C8H6N4/c1-5-11-7-4-10-3-6(2-9)8(7)12-5/h3-4H,1H3,(H,11,12). The number of aryl methyl sites for hydroxylation is 1. The second-order valence-electron chi connectivity index (χ2n) is 2.52. The van der Waals surface area contributed by atoms with Crippen LogP contribution in [0.3, 0.4) is 0 Å². The lowest BCUT2D eigenvalue weighted by Crippen LogP contribution is -1.80. The van der Waals surface area contributed by atoms with Gasteiger partial charge in [-0.2, -0.15) is 5.26 Å². The summed E-state index contributed by atoms with van der Waals surface area (Å²) in [7, 11) is 0. The predicted molar refractivity (Wildman–Crippen MR) is 43.3 cm³/mol. The zero-order valence-corrected chi connectivity index (χ0v) is 6.50. The summed E-state index contributed by atoms with van der Waals surface area (Å²) in [6, 6.07) is 2.05. The van der Waals surface area contributed by atoms with Gasteiger partial charge in [0.15, 0.2) is 0 Å². The Morgan fingerprint density at radius 1 is 1.50 bits per heavy atom. The number of aromatic amines is 1. The fraction of sp³-hybridized carbons (Fsp3) is 0.125. The zero-order chi connectivity index (χ0) is 8.55. The van der Waals surface area contributed by atoms with Gasteiger partial charge in [0.1, 0.15) is 17.4 Å². The number of imidazole rings is 1. The molecule has 2 aromatic rings. The number of nitrogens with zero attached hydrogens (tertiary/aromatic N) is 3. The van der Waals surface area contributed by atoms with Crippen LogP contribution in [0.15, 0.2) is 12.4 Å². The molecule has 0 aliphatic carbocycles. The van der Waals surface area contributed by atoms with Gasteiger partial charge in [0.05, 0.1) is 17.3 Å². The van der Waals surface area contributed by atoms with E-state index in [1.165, 1.54) is 6.20 Å². The van der Waals surface area contributed by atoms with E-state index < -0.39 is 0 Å². The Labute approximate surface area is 68.9 Å². The molecule has 4 nitrogen and oxygen atoms in total. The van der Waals surface area contributed by atoms with Crippen molar-refractivity contribution in [3.63, 3.8) is 0 Å². The third-order valence-corrected chi connectivity index (χ3v) is 1.64. The molecule has 0 radical (unpaired) electrons. The van der Waals surface area contributed by atoms with Gasteiger partial charge >= 0.3 is 0 Å². The maximum atomic E-state index is 8.71. The highest BCUT2D eigenvalue weighted by molar-refractivity contribution is 5.79. The maximum Gasteiger partial charge on any atom is 0.108 e. The molecule has 12 heavy (non-hydrogen) atoms. The minimum atomic E-state index is 0.535. The van der Waals surface area contributed by atoms with E-state index in [1.807, 2.05) is 13.0 Å². The summed E-state index contributed by atoms with van der Waals surface area (Å²) in [5.41, 5.74) is 2.05. The summed E-state index contributed by atoms with van der Waals surface area (Å²) in [5, 5.41) is 8.71. The van der Waals surface area contributed by atoms with Gasteiger partial charge in [-0.25, -0.2) is 4.98 Å². The number of pyridine rings is 1. The van der Waals surface area contributed by atoms with Crippen LogP contribution in [0.1, 0.15) is 11.4 Å². The minimum Gasteiger partial charge on any atom is -0.341 e. The van der Waals surface area contributed by atoms with Gasteiger partial charge in [0.25, 0.3) is 0 Å². The third-order valence-electron chi connectivity index (χ3n) is 1.64. The normalized spacial score (nSPS) is 10.0. The fourth-order valence-electron chi connectivity index (χ4n) is 1.14. The van der Waals surface area contributed by atoms with Crippen molar-refractivity contribution < 1.29 is 0 Å². The molecular weight excluding hydrogens is 152 g/mol. The Balaban J connectivity index is 2.89. The van der Waals surface area contributed by atoms with Crippen LogP contribution in [0.4, 0.5) is 0 Å². The SMILES string of the molecule is Cc1nc2cncc(C#N)c2[nH]1. The molecule has 0 amide bonds. The number of nitrogens with one attached hydrogen (secondary N) is 1. The number of hydrogen-bond donors (Lipinski definition) is 1. The maximum absolute atomic E-state index is 8.71. The lowest BCUT2D eigenvalue weighted by Gasteiger charge is -1.87. The van der Waals surface area contributed by atoms with Crippen molar-refractivity contribution in [3.05, 3.63) is 23.8 Å². The predicted octanol–water partition coefficient (Wildman–Crippen LogP) is 1.14. The summed E-state index contributed by atoms with van der Waals surface area (Å²) in [4.78, 5) is 11.0. The highest BCUT2D eigenvalue weighted by Crippen LogP contribution is 2.12. The second-order valence-corrected chi connectivity index (χ2v) is 2.52. The Bertz CT molecular complexity index is 463. The lowest BCUT2D eigenvalue weighted by atomic mass is 10.3. The molecule has 0 unspecified atom stereocenters. The minimum absolute atomic E-state index is 0.535. The molecule has 0 aromatic carbocycles. The molecule has 2 heterocycles. The number of fused-ring (bicyclic) bond motifs is 1. The van der Waals surface area contributed by atoms with E-state index in [0.717, 1.165) is 16.9 Å². The first-order chi connectivity index (χ1) is 5.81. The zero-order valence-electron chi connectivity index (χ0n) is 6.50. The fourth-order valence-corrected chi connectivity index (χ4v) is 1.14. The van der Waals surface area contributed by atoms with Crippen molar-refractivity contribution in [2.45, 2.75) is 6.92 Å². The number of H-pyrrole nitrogens is 1. The van der Waals surface area contributed by atoms with Gasteiger partial charge in [-0.1, -0.05) is 0 Å². The summed E-state index contributed by atoms with van der Waals surface area (Å²) in [6.45, 7) is 1.85. The lowest BCUT2D eigenvalue weighted by molar-refractivity contribution is 1.17. The summed E-state index contributed by atoms with van der Waals surface area (Å²) in [5.74, 6) is 0.800. The molecule has 0 bridgehead atoms. The Hall–Kier alpha value is -1.89. The van der Waals surface area contributed by atoms with E-state index in [0.29, 0.717) is 5.56 Å². The smallest absolute Gasteiger partial charge is 0.108 e. The van der Waals surface area contributed by atoms with Gasteiger partial charge in [0.2, 0.25) is 0 Å². The summed E-state index contributed by atoms with van der Waals surface area (Å²) >= 11 is 0. The van der Waals surface area contributed by atoms with E-state index in [9.17, 15) is 0 Å². The number of aromatic nitrogens is 3. The van der Waals surface area contributed by atoms with Crippen LogP contribution < -0.4 is 0 Å². The van der Waals surface area contributed by atoms with Crippen LogP contribution in [0.25, 0.3) is 11.0 Å². The highest BCUT2D eigenvalue weighted by Gasteiger charge is 2.03. The quantitative estimate of drug-likeness (QED) is 0.625. The second kappa shape index (κ2) is 2.31. The Kier molecular flexibility index (Phi) is 1.31. The number of rotatable bonds is 0. The molecule has 1 N–H and O–H groups in total. The topological polar surface area (TPSA) is 65.4 Å². The van der Waals surface area contributed by atoms with Crippen LogP contribution in [0.5, 0.6) is 0 Å². The molecule has 0 spiro atoms. The first-order valence-electron chi connectivity index (χ1n) is 3.51. The van der Waals surface area contributed by atoms with Gasteiger partial charge in [-0.3, -0.25) is 4.98 Å². The van der Waals surface area contributed by atoms with E-state index in [2.05, 4.69) is 15.0 Å². The van der Waals surface area contributed by atoms with Gasteiger partial charge < -0.3 is 4.98 Å². The largest absolute Gasteiger partial charge is 0.341 e. The van der Waals surface area contributed by atoms with E-state index in [1.54, 1.807) is 6.20 Å². The van der Waals surface area contributed by atoms with Gasteiger partial charge in [-0.15, -0.1) is 0 Å². The Morgan fingerprint density at radius 3 is 3.08 bits per heavy atom. The van der Waals surface area contributed by atoms with E-state index >= 15 is 0 Å². The average molecular weight is 158 g/mol. The number of nitriles is 1. The van der Waals surface area contributed by atoms with Crippen LogP contribution in [-0.4, -0.2) is 15.0 Å². The number of hydrogen-bond acceptors (Lipinski definition) is 3. The molecule has 58 valence electrons.